The lowest BCUT2D eigenvalue weighted by Crippen LogP contribution is -2.29. The van der Waals surface area contributed by atoms with Gasteiger partial charge in [-0.1, -0.05) is 24.3 Å². The molecule has 0 fully saturated rings. The highest BCUT2D eigenvalue weighted by atomic mass is 16.5. The smallest absolute Gasteiger partial charge is 0.228 e. The summed E-state index contributed by atoms with van der Waals surface area (Å²) in [5.41, 5.74) is 1.59. The number of pyridine rings is 1. The van der Waals surface area contributed by atoms with Gasteiger partial charge in [0.05, 0.1) is 5.56 Å². The van der Waals surface area contributed by atoms with Crippen molar-refractivity contribution in [2.75, 3.05) is 0 Å². The first kappa shape index (κ1) is 10.6. The standard InChI is InChI=1S/C15H11NO2/c17-15-8-4-2-6-12(15)14-10-9-11-5-1-3-7-13(11)16(14)18/h1-10,17H. The average Bonchev–Trinajstić information content (AvgIpc) is 2.41. The zero-order valence-corrected chi connectivity index (χ0v) is 9.58. The van der Waals surface area contributed by atoms with Gasteiger partial charge in [-0.2, -0.15) is 4.73 Å². The first-order valence-corrected chi connectivity index (χ1v) is 5.67. The van der Waals surface area contributed by atoms with Crippen LogP contribution in [0.4, 0.5) is 0 Å². The van der Waals surface area contributed by atoms with Gasteiger partial charge in [0.2, 0.25) is 11.2 Å². The molecule has 0 saturated heterocycles. The molecular weight excluding hydrogens is 226 g/mol. The van der Waals surface area contributed by atoms with Crippen molar-refractivity contribution in [1.82, 2.24) is 0 Å². The van der Waals surface area contributed by atoms with Crippen LogP contribution in [0.2, 0.25) is 0 Å². The van der Waals surface area contributed by atoms with E-state index in [4.69, 9.17) is 0 Å². The van der Waals surface area contributed by atoms with Gasteiger partial charge in [-0.05, 0) is 24.3 Å². The monoisotopic (exact) mass is 237 g/mol. The van der Waals surface area contributed by atoms with Crippen LogP contribution in [0, 0.1) is 5.21 Å². The number of phenols is 1. The second-order valence-corrected chi connectivity index (χ2v) is 4.09. The number of hydrogen-bond acceptors (Lipinski definition) is 2. The molecule has 0 unspecified atom stereocenters. The van der Waals surface area contributed by atoms with Crippen molar-refractivity contribution in [3.8, 4) is 17.0 Å². The average molecular weight is 237 g/mol. The summed E-state index contributed by atoms with van der Waals surface area (Å²) in [5, 5.41) is 23.0. The SMILES string of the molecule is [O-][n+]1c(-c2ccccc2O)ccc2ccccc21. The fourth-order valence-electron chi connectivity index (χ4n) is 2.07. The Morgan fingerprint density at radius 2 is 1.56 bits per heavy atom. The topological polar surface area (TPSA) is 47.2 Å². The van der Waals surface area contributed by atoms with Crippen molar-refractivity contribution in [1.29, 1.82) is 0 Å². The first-order valence-electron chi connectivity index (χ1n) is 5.67. The van der Waals surface area contributed by atoms with Gasteiger partial charge in [0, 0.05) is 17.5 Å². The first-order chi connectivity index (χ1) is 8.77. The van der Waals surface area contributed by atoms with Crippen LogP contribution in [0.5, 0.6) is 5.75 Å². The van der Waals surface area contributed by atoms with E-state index in [1.807, 2.05) is 24.3 Å². The largest absolute Gasteiger partial charge is 0.618 e. The van der Waals surface area contributed by atoms with E-state index in [9.17, 15) is 10.3 Å². The van der Waals surface area contributed by atoms with Gasteiger partial charge in [0.15, 0.2) is 0 Å². The molecule has 88 valence electrons. The van der Waals surface area contributed by atoms with Gasteiger partial charge < -0.3 is 10.3 Å². The predicted octanol–water partition coefficient (Wildman–Crippen LogP) is 2.85. The maximum absolute atomic E-state index is 12.3. The maximum atomic E-state index is 12.3. The van der Waals surface area contributed by atoms with Crippen LogP contribution in [0.1, 0.15) is 0 Å². The minimum absolute atomic E-state index is 0.109. The molecule has 3 heteroatoms. The molecule has 1 aromatic heterocycles. The molecule has 18 heavy (non-hydrogen) atoms. The molecule has 0 atom stereocenters. The summed E-state index contributed by atoms with van der Waals surface area (Å²) in [7, 11) is 0. The van der Waals surface area contributed by atoms with Crippen LogP contribution in [-0.4, -0.2) is 5.11 Å². The normalized spacial score (nSPS) is 10.7. The van der Waals surface area contributed by atoms with Gasteiger partial charge in [-0.15, -0.1) is 0 Å². The molecular formula is C15H11NO2. The van der Waals surface area contributed by atoms with Gasteiger partial charge in [0.25, 0.3) is 0 Å². The summed E-state index contributed by atoms with van der Waals surface area (Å²) < 4.78 is 0.852. The van der Waals surface area contributed by atoms with E-state index >= 15 is 0 Å². The highest BCUT2D eigenvalue weighted by Crippen LogP contribution is 2.27. The summed E-state index contributed by atoms with van der Waals surface area (Å²) in [5.74, 6) is 0.109. The van der Waals surface area contributed by atoms with Crippen molar-refractivity contribution in [2.24, 2.45) is 0 Å². The Morgan fingerprint density at radius 1 is 0.833 bits per heavy atom. The number of para-hydroxylation sites is 2. The minimum Gasteiger partial charge on any atom is -0.618 e. The highest BCUT2D eigenvalue weighted by Gasteiger charge is 2.14. The van der Waals surface area contributed by atoms with Crippen LogP contribution in [0.3, 0.4) is 0 Å². The van der Waals surface area contributed by atoms with Crippen LogP contribution >= 0.6 is 0 Å². The predicted molar refractivity (Wildman–Crippen MR) is 70.0 cm³/mol. The quantitative estimate of drug-likeness (QED) is 0.522. The van der Waals surface area contributed by atoms with Crippen LogP contribution in [0.15, 0.2) is 60.7 Å². The zero-order valence-electron chi connectivity index (χ0n) is 9.58. The molecule has 0 aliphatic rings. The molecule has 3 rings (SSSR count). The van der Waals surface area contributed by atoms with Crippen LogP contribution < -0.4 is 4.73 Å². The lowest BCUT2D eigenvalue weighted by molar-refractivity contribution is -0.565. The fourth-order valence-corrected chi connectivity index (χ4v) is 2.07. The van der Waals surface area contributed by atoms with Gasteiger partial charge in [-0.25, -0.2) is 0 Å². The van der Waals surface area contributed by atoms with E-state index < -0.39 is 0 Å². The lowest BCUT2D eigenvalue weighted by atomic mass is 10.1. The summed E-state index contributed by atoms with van der Waals surface area (Å²) >= 11 is 0. The Balaban J connectivity index is 2.31. The minimum atomic E-state index is 0.109. The summed E-state index contributed by atoms with van der Waals surface area (Å²) in [6, 6.07) is 17.8. The number of hydrogen-bond donors (Lipinski definition) is 1. The molecule has 0 aliphatic carbocycles. The highest BCUT2D eigenvalue weighted by molar-refractivity contribution is 5.78. The number of benzene rings is 2. The lowest BCUT2D eigenvalue weighted by Gasteiger charge is -2.08. The van der Waals surface area contributed by atoms with Crippen molar-refractivity contribution in [3.63, 3.8) is 0 Å². The van der Waals surface area contributed by atoms with Crippen molar-refractivity contribution >= 4 is 10.9 Å². The molecule has 0 saturated carbocycles. The van der Waals surface area contributed by atoms with Gasteiger partial charge in [0.1, 0.15) is 5.75 Å². The Morgan fingerprint density at radius 3 is 2.39 bits per heavy atom. The molecule has 0 bridgehead atoms. The molecule has 0 spiro atoms. The fraction of sp³-hybridized carbons (Fsp3) is 0. The third-order valence-electron chi connectivity index (χ3n) is 2.98. The molecule has 2 aromatic carbocycles. The molecule has 1 N–H and O–H groups in total. The van der Waals surface area contributed by atoms with E-state index in [0.717, 1.165) is 10.1 Å². The van der Waals surface area contributed by atoms with Crippen molar-refractivity contribution in [2.45, 2.75) is 0 Å². The third-order valence-corrected chi connectivity index (χ3v) is 2.98. The van der Waals surface area contributed by atoms with E-state index in [2.05, 4.69) is 0 Å². The number of aromatic hydroxyl groups is 1. The number of phenolic OH excluding ortho intramolecular Hbond substituents is 1. The van der Waals surface area contributed by atoms with E-state index in [0.29, 0.717) is 16.8 Å². The summed E-state index contributed by atoms with van der Waals surface area (Å²) in [6.07, 6.45) is 0. The molecule has 3 aromatic rings. The Kier molecular flexibility index (Phi) is 2.38. The van der Waals surface area contributed by atoms with Crippen LogP contribution in [0.25, 0.3) is 22.2 Å². The van der Waals surface area contributed by atoms with E-state index in [1.165, 1.54) is 0 Å². The summed E-state index contributed by atoms with van der Waals surface area (Å²) in [4.78, 5) is 0. The Labute approximate surface area is 104 Å². The third kappa shape index (κ3) is 1.57. The van der Waals surface area contributed by atoms with Gasteiger partial charge >= 0.3 is 0 Å². The van der Waals surface area contributed by atoms with Crippen LogP contribution in [-0.2, 0) is 0 Å². The number of nitrogens with zero attached hydrogens (tertiary/aromatic N) is 1. The summed E-state index contributed by atoms with van der Waals surface area (Å²) in [6.45, 7) is 0. The molecule has 0 radical (unpaired) electrons. The zero-order chi connectivity index (χ0) is 12.5. The molecule has 0 aliphatic heterocycles. The second-order valence-electron chi connectivity index (χ2n) is 4.09. The van der Waals surface area contributed by atoms with E-state index in [-0.39, 0.29) is 5.75 Å². The second kappa shape index (κ2) is 4.04. The maximum Gasteiger partial charge on any atom is 0.228 e. The molecule has 0 amide bonds. The number of fused-ring (bicyclic) bond motifs is 1. The Hall–Kier alpha value is -2.55. The Bertz CT molecular complexity index is 723. The number of aromatic nitrogens is 1. The van der Waals surface area contributed by atoms with Crippen molar-refractivity contribution < 1.29 is 9.84 Å². The van der Waals surface area contributed by atoms with E-state index in [1.54, 1.807) is 36.4 Å². The molecule has 3 nitrogen and oxygen atoms in total. The molecule has 1 heterocycles. The van der Waals surface area contributed by atoms with Gasteiger partial charge in [-0.3, -0.25) is 0 Å². The number of rotatable bonds is 1. The van der Waals surface area contributed by atoms with Crippen molar-refractivity contribution in [3.05, 3.63) is 65.9 Å².